The van der Waals surface area contributed by atoms with Crippen molar-refractivity contribution in [3.05, 3.63) is 40.5 Å². The van der Waals surface area contributed by atoms with Crippen LogP contribution in [0.25, 0.3) is 11.1 Å². The van der Waals surface area contributed by atoms with E-state index in [1.807, 2.05) is 0 Å². The van der Waals surface area contributed by atoms with Gasteiger partial charge < -0.3 is 13.9 Å². The summed E-state index contributed by atoms with van der Waals surface area (Å²) in [5.41, 5.74) is -0.183. The van der Waals surface area contributed by atoms with Gasteiger partial charge in [-0.2, -0.15) is 13.2 Å². The number of pyridine rings is 1. The summed E-state index contributed by atoms with van der Waals surface area (Å²) < 4.78 is 52.2. The molecule has 2 fully saturated rings. The second kappa shape index (κ2) is 7.60. The molecule has 1 saturated heterocycles. The van der Waals surface area contributed by atoms with Crippen LogP contribution in [0.1, 0.15) is 90.5 Å². The number of carbonyl (C=O) groups excluding carboxylic acids is 1. The molecule has 7 nitrogen and oxygen atoms in total. The first kappa shape index (κ1) is 21.0. The van der Waals surface area contributed by atoms with E-state index in [4.69, 9.17) is 9.05 Å². The average Bonchev–Trinajstić information content (AvgIpc) is 3.33. The highest BCUT2D eigenvalue weighted by atomic mass is 19.4. The number of hydrogen-bond donors (Lipinski definition) is 0. The van der Waals surface area contributed by atoms with Gasteiger partial charge in [0.25, 0.3) is 11.6 Å². The number of hydrogen-bond acceptors (Lipinski definition) is 6. The lowest BCUT2D eigenvalue weighted by Gasteiger charge is -2.31. The quantitative estimate of drug-likeness (QED) is 0.542. The summed E-state index contributed by atoms with van der Waals surface area (Å²) in [6.07, 6.45) is -1.28. The topological polar surface area (TPSA) is 85.3 Å². The van der Waals surface area contributed by atoms with Crippen molar-refractivity contribution in [2.45, 2.75) is 63.5 Å². The van der Waals surface area contributed by atoms with Crippen LogP contribution in [0, 0.1) is 0 Å². The first-order valence-corrected chi connectivity index (χ1v) is 10.9. The van der Waals surface area contributed by atoms with Gasteiger partial charge >= 0.3 is 6.18 Å². The minimum absolute atomic E-state index is 0.112. The number of carbonyl (C=O) groups is 1. The van der Waals surface area contributed by atoms with Crippen molar-refractivity contribution in [1.29, 1.82) is 0 Å². The molecular formula is C22H23F3N4O3. The first-order chi connectivity index (χ1) is 15.2. The van der Waals surface area contributed by atoms with E-state index in [0.29, 0.717) is 36.8 Å². The predicted molar refractivity (Wildman–Crippen MR) is 107 cm³/mol. The molecule has 1 aliphatic carbocycles. The van der Waals surface area contributed by atoms with Crippen LogP contribution in [0.4, 0.5) is 13.2 Å². The SMILES string of the molecule is CC(C)c1cc(C(F)(F)F)c2c(C3CCCN(C(=O)c4cc(C5CC5)on4)C3)noc2n1. The minimum atomic E-state index is -4.57. The molecule has 0 N–H and O–H groups in total. The molecule has 3 aromatic heterocycles. The van der Waals surface area contributed by atoms with Gasteiger partial charge in [-0.15, -0.1) is 0 Å². The van der Waals surface area contributed by atoms with Crippen LogP contribution in [-0.4, -0.2) is 39.2 Å². The average molecular weight is 448 g/mol. The van der Waals surface area contributed by atoms with E-state index in [0.717, 1.165) is 18.9 Å². The molecule has 5 rings (SSSR count). The lowest BCUT2D eigenvalue weighted by molar-refractivity contribution is -0.136. The van der Waals surface area contributed by atoms with E-state index in [-0.39, 0.29) is 40.9 Å². The van der Waals surface area contributed by atoms with Crippen LogP contribution in [-0.2, 0) is 6.18 Å². The van der Waals surface area contributed by atoms with Crippen molar-refractivity contribution < 1.29 is 27.0 Å². The molecule has 0 spiro atoms. The molecule has 32 heavy (non-hydrogen) atoms. The predicted octanol–water partition coefficient (Wildman–Crippen LogP) is 5.25. The third-order valence-electron chi connectivity index (χ3n) is 6.21. The van der Waals surface area contributed by atoms with E-state index in [1.54, 1.807) is 24.8 Å². The smallest absolute Gasteiger partial charge is 0.360 e. The Kier molecular flexibility index (Phi) is 4.98. The Morgan fingerprint density at radius 2 is 1.91 bits per heavy atom. The number of alkyl halides is 3. The minimum Gasteiger partial charge on any atom is -0.360 e. The third kappa shape index (κ3) is 3.75. The van der Waals surface area contributed by atoms with E-state index < -0.39 is 17.7 Å². The summed E-state index contributed by atoms with van der Waals surface area (Å²) in [5, 5.41) is 7.78. The Bertz CT molecular complexity index is 1160. The van der Waals surface area contributed by atoms with Crippen LogP contribution < -0.4 is 0 Å². The molecule has 0 radical (unpaired) electrons. The monoisotopic (exact) mass is 448 g/mol. The Morgan fingerprint density at radius 1 is 1.12 bits per heavy atom. The molecule has 1 saturated carbocycles. The zero-order valence-corrected chi connectivity index (χ0v) is 17.8. The van der Waals surface area contributed by atoms with E-state index >= 15 is 0 Å². The van der Waals surface area contributed by atoms with Crippen molar-refractivity contribution in [2.75, 3.05) is 13.1 Å². The maximum atomic E-state index is 13.9. The number of likely N-dealkylation sites (tertiary alicyclic amines) is 1. The Balaban J connectivity index is 1.46. The molecular weight excluding hydrogens is 425 g/mol. The molecule has 0 aromatic carbocycles. The van der Waals surface area contributed by atoms with Crippen molar-refractivity contribution in [3.8, 4) is 0 Å². The van der Waals surface area contributed by atoms with Gasteiger partial charge in [-0.05, 0) is 37.7 Å². The molecule has 1 unspecified atom stereocenters. The van der Waals surface area contributed by atoms with E-state index in [9.17, 15) is 18.0 Å². The van der Waals surface area contributed by atoms with Gasteiger partial charge in [-0.3, -0.25) is 4.79 Å². The highest BCUT2D eigenvalue weighted by Crippen LogP contribution is 2.42. The van der Waals surface area contributed by atoms with Gasteiger partial charge in [0.1, 0.15) is 5.76 Å². The fourth-order valence-electron chi connectivity index (χ4n) is 4.29. The number of fused-ring (bicyclic) bond motifs is 1. The number of halogens is 3. The fourth-order valence-corrected chi connectivity index (χ4v) is 4.29. The van der Waals surface area contributed by atoms with E-state index in [2.05, 4.69) is 15.3 Å². The molecule has 2 aliphatic rings. The Labute approximate surface area is 181 Å². The summed E-state index contributed by atoms with van der Waals surface area (Å²) in [6, 6.07) is 2.75. The largest absolute Gasteiger partial charge is 0.417 e. The number of nitrogens with zero attached hydrogens (tertiary/aromatic N) is 4. The molecule has 3 aromatic rings. The molecule has 4 heterocycles. The number of aromatic nitrogens is 3. The first-order valence-electron chi connectivity index (χ1n) is 10.9. The fraction of sp³-hybridized carbons (Fsp3) is 0.545. The third-order valence-corrected chi connectivity index (χ3v) is 6.21. The Hall–Kier alpha value is -2.91. The summed E-state index contributed by atoms with van der Waals surface area (Å²) in [6.45, 7) is 4.28. The van der Waals surface area contributed by atoms with Gasteiger partial charge in [0.2, 0.25) is 0 Å². The second-order valence-electron chi connectivity index (χ2n) is 8.97. The van der Waals surface area contributed by atoms with E-state index in [1.165, 1.54) is 0 Å². The van der Waals surface area contributed by atoms with Gasteiger partial charge in [0.05, 0.1) is 16.6 Å². The lowest BCUT2D eigenvalue weighted by atomic mass is 9.91. The standard InChI is InChI=1S/C22H23F3N4O3/c1-11(2)15-8-14(22(23,24)25)18-19(28-32-20(18)26-15)13-4-3-7-29(10-13)21(30)16-9-17(31-27-16)12-5-6-12/h8-9,11-13H,3-7,10H2,1-2H3. The number of piperidine rings is 1. The lowest BCUT2D eigenvalue weighted by Crippen LogP contribution is -2.39. The van der Waals surface area contributed by atoms with Crippen LogP contribution in [0.15, 0.2) is 21.2 Å². The van der Waals surface area contributed by atoms with Crippen molar-refractivity contribution in [2.24, 2.45) is 0 Å². The summed E-state index contributed by atoms with van der Waals surface area (Å²) in [7, 11) is 0. The molecule has 0 bridgehead atoms. The second-order valence-corrected chi connectivity index (χ2v) is 8.97. The van der Waals surface area contributed by atoms with Crippen LogP contribution in [0.3, 0.4) is 0 Å². The van der Waals surface area contributed by atoms with Gasteiger partial charge in [-0.25, -0.2) is 4.98 Å². The van der Waals surface area contributed by atoms with Crippen LogP contribution >= 0.6 is 0 Å². The van der Waals surface area contributed by atoms with Gasteiger partial charge in [-0.1, -0.05) is 24.2 Å². The molecule has 10 heteroatoms. The van der Waals surface area contributed by atoms with Gasteiger partial charge in [0, 0.05) is 36.7 Å². The number of amides is 1. The molecule has 1 aliphatic heterocycles. The van der Waals surface area contributed by atoms with Crippen LogP contribution in [0.2, 0.25) is 0 Å². The molecule has 1 atom stereocenters. The van der Waals surface area contributed by atoms with Crippen molar-refractivity contribution in [1.82, 2.24) is 20.2 Å². The highest BCUT2D eigenvalue weighted by molar-refractivity contribution is 5.92. The summed E-state index contributed by atoms with van der Waals surface area (Å²) in [5.74, 6) is 0.181. The Morgan fingerprint density at radius 3 is 2.59 bits per heavy atom. The van der Waals surface area contributed by atoms with Crippen LogP contribution in [0.5, 0.6) is 0 Å². The normalized spacial score (nSPS) is 19.8. The zero-order valence-electron chi connectivity index (χ0n) is 17.8. The van der Waals surface area contributed by atoms with Crippen molar-refractivity contribution in [3.63, 3.8) is 0 Å². The zero-order chi connectivity index (χ0) is 22.6. The molecule has 170 valence electrons. The van der Waals surface area contributed by atoms with Gasteiger partial charge in [0.15, 0.2) is 5.69 Å². The highest BCUT2D eigenvalue weighted by Gasteiger charge is 2.39. The van der Waals surface area contributed by atoms with Crippen molar-refractivity contribution >= 4 is 17.0 Å². The summed E-state index contributed by atoms with van der Waals surface area (Å²) >= 11 is 0. The maximum absolute atomic E-state index is 13.9. The maximum Gasteiger partial charge on any atom is 0.417 e. The number of rotatable bonds is 4. The summed E-state index contributed by atoms with van der Waals surface area (Å²) in [4.78, 5) is 18.8. The molecule has 1 amide bonds.